The van der Waals surface area contributed by atoms with Crippen molar-refractivity contribution in [1.29, 1.82) is 0 Å². The van der Waals surface area contributed by atoms with Gasteiger partial charge in [-0.05, 0) is 32.4 Å². The summed E-state index contributed by atoms with van der Waals surface area (Å²) in [5.41, 5.74) is 2.46. The molecule has 0 fully saturated rings. The monoisotopic (exact) mass is 256 g/mol. The molecule has 0 aliphatic rings. The molecule has 104 valence electrons. The number of rotatable bonds is 7. The van der Waals surface area contributed by atoms with Crippen LogP contribution in [0.4, 0.5) is 0 Å². The quantitative estimate of drug-likeness (QED) is 0.551. The van der Waals surface area contributed by atoms with Crippen molar-refractivity contribution in [3.8, 4) is 0 Å². The number of aromatic nitrogens is 1. The fourth-order valence-corrected chi connectivity index (χ4v) is 2.14. The second-order valence-corrected chi connectivity index (χ2v) is 4.75. The lowest BCUT2D eigenvalue weighted by Gasteiger charge is -2.28. The minimum absolute atomic E-state index is 0.299. The molecular formula is C13H24N2O3. The van der Waals surface area contributed by atoms with Crippen molar-refractivity contribution >= 4 is 0 Å². The van der Waals surface area contributed by atoms with Gasteiger partial charge >= 0.3 is 0 Å². The van der Waals surface area contributed by atoms with Crippen LogP contribution in [0.1, 0.15) is 23.9 Å². The highest BCUT2D eigenvalue weighted by molar-refractivity contribution is 5.26. The van der Waals surface area contributed by atoms with E-state index in [1.54, 1.807) is 0 Å². The molecule has 0 bridgehead atoms. The van der Waals surface area contributed by atoms with Gasteiger partial charge in [-0.1, -0.05) is 0 Å². The van der Waals surface area contributed by atoms with Gasteiger partial charge in [0.05, 0.1) is 25.4 Å². The van der Waals surface area contributed by atoms with E-state index in [4.69, 9.17) is 0 Å². The van der Waals surface area contributed by atoms with Crippen molar-refractivity contribution < 1.29 is 15.3 Å². The van der Waals surface area contributed by atoms with Crippen LogP contribution < -0.4 is 5.32 Å². The highest BCUT2D eigenvalue weighted by Crippen LogP contribution is 2.16. The number of nitrogens with zero attached hydrogens (tertiary/aromatic N) is 1. The van der Waals surface area contributed by atoms with Crippen molar-refractivity contribution in [2.24, 2.45) is 0 Å². The van der Waals surface area contributed by atoms with Crippen LogP contribution in [-0.2, 0) is 13.1 Å². The molecule has 1 rings (SSSR count). The highest BCUT2D eigenvalue weighted by atomic mass is 16.3. The lowest BCUT2D eigenvalue weighted by molar-refractivity contribution is 0.0413. The zero-order valence-electron chi connectivity index (χ0n) is 11.4. The topological polar surface area (TPSA) is 77.7 Å². The number of aryl methyl sites for hydroxylation is 1. The van der Waals surface area contributed by atoms with Crippen molar-refractivity contribution in [3.05, 3.63) is 23.0 Å². The van der Waals surface area contributed by atoms with Gasteiger partial charge in [-0.25, -0.2) is 0 Å². The fourth-order valence-electron chi connectivity index (χ4n) is 2.14. The molecule has 1 heterocycles. The van der Waals surface area contributed by atoms with E-state index in [0.717, 1.165) is 12.1 Å². The lowest BCUT2D eigenvalue weighted by atomic mass is 10.0. The van der Waals surface area contributed by atoms with Crippen LogP contribution in [0, 0.1) is 13.8 Å². The normalized spacial score (nSPS) is 12.1. The average Bonchev–Trinajstić information content (AvgIpc) is 2.66. The molecule has 18 heavy (non-hydrogen) atoms. The largest absolute Gasteiger partial charge is 0.394 e. The summed E-state index contributed by atoms with van der Waals surface area (Å²) in [6, 6.07) is 2.09. The third-order valence-corrected chi connectivity index (χ3v) is 3.56. The van der Waals surface area contributed by atoms with Crippen molar-refractivity contribution in [1.82, 2.24) is 9.88 Å². The average molecular weight is 256 g/mol. The van der Waals surface area contributed by atoms with Crippen LogP contribution in [0.15, 0.2) is 6.07 Å². The summed E-state index contributed by atoms with van der Waals surface area (Å²) in [5, 5.41) is 30.8. The van der Waals surface area contributed by atoms with Crippen molar-refractivity contribution in [2.75, 3.05) is 19.8 Å². The maximum atomic E-state index is 9.24. The summed E-state index contributed by atoms with van der Waals surface area (Å²) in [5.74, 6) is 0. The standard InChI is InChI=1S/C13H24N2O3/c1-4-15-10(2)5-12(11(15)3)6-14-13(7-16,8-17)9-18/h5,14,16-18H,4,6-9H2,1-3H3. The number of nitrogens with one attached hydrogen (secondary N) is 1. The number of hydrogen-bond donors (Lipinski definition) is 4. The van der Waals surface area contributed by atoms with Crippen LogP contribution in [0.25, 0.3) is 0 Å². The summed E-state index contributed by atoms with van der Waals surface area (Å²) < 4.78 is 2.20. The Morgan fingerprint density at radius 1 is 1.17 bits per heavy atom. The van der Waals surface area contributed by atoms with E-state index in [9.17, 15) is 15.3 Å². The first-order valence-electron chi connectivity index (χ1n) is 6.26. The third kappa shape index (κ3) is 2.92. The molecule has 5 nitrogen and oxygen atoms in total. The first-order valence-corrected chi connectivity index (χ1v) is 6.26. The molecule has 1 aromatic rings. The van der Waals surface area contributed by atoms with Gasteiger partial charge in [-0.3, -0.25) is 0 Å². The second kappa shape index (κ2) is 6.33. The SMILES string of the molecule is CCn1c(C)cc(CNC(CO)(CO)CO)c1C. The molecule has 0 aromatic carbocycles. The first kappa shape index (κ1) is 15.2. The van der Waals surface area contributed by atoms with Crippen LogP contribution in [0.2, 0.25) is 0 Å². The van der Waals surface area contributed by atoms with Gasteiger partial charge in [0.25, 0.3) is 0 Å². The Bertz CT molecular complexity index is 376. The molecule has 0 unspecified atom stereocenters. The van der Waals surface area contributed by atoms with Gasteiger partial charge < -0.3 is 25.2 Å². The molecule has 0 amide bonds. The maximum Gasteiger partial charge on any atom is 0.0884 e. The van der Waals surface area contributed by atoms with E-state index in [0.29, 0.717) is 6.54 Å². The number of aliphatic hydroxyl groups is 3. The number of aliphatic hydroxyl groups excluding tert-OH is 3. The Balaban J connectivity index is 2.80. The summed E-state index contributed by atoms with van der Waals surface area (Å²) >= 11 is 0. The molecule has 0 atom stereocenters. The van der Waals surface area contributed by atoms with Crippen LogP contribution in [-0.4, -0.2) is 45.2 Å². The van der Waals surface area contributed by atoms with E-state index in [1.165, 1.54) is 11.4 Å². The van der Waals surface area contributed by atoms with E-state index in [1.807, 2.05) is 6.92 Å². The van der Waals surface area contributed by atoms with Crippen LogP contribution in [0.3, 0.4) is 0 Å². The highest BCUT2D eigenvalue weighted by Gasteiger charge is 2.27. The van der Waals surface area contributed by atoms with E-state index >= 15 is 0 Å². The molecular weight excluding hydrogens is 232 g/mol. The molecule has 0 spiro atoms. The third-order valence-electron chi connectivity index (χ3n) is 3.56. The van der Waals surface area contributed by atoms with E-state index in [-0.39, 0.29) is 19.8 Å². The summed E-state index contributed by atoms with van der Waals surface area (Å²) in [7, 11) is 0. The van der Waals surface area contributed by atoms with Crippen LogP contribution in [0.5, 0.6) is 0 Å². The lowest BCUT2D eigenvalue weighted by Crippen LogP contribution is -2.54. The van der Waals surface area contributed by atoms with Crippen LogP contribution >= 0.6 is 0 Å². The minimum atomic E-state index is -1.02. The van der Waals surface area contributed by atoms with Gasteiger partial charge in [0.2, 0.25) is 0 Å². The second-order valence-electron chi connectivity index (χ2n) is 4.75. The molecule has 0 aliphatic carbocycles. The molecule has 1 aromatic heterocycles. The Labute approximate surface area is 108 Å². The van der Waals surface area contributed by atoms with Crippen molar-refractivity contribution in [3.63, 3.8) is 0 Å². The minimum Gasteiger partial charge on any atom is -0.394 e. The first-order chi connectivity index (χ1) is 8.53. The summed E-state index contributed by atoms with van der Waals surface area (Å²) in [6.45, 7) is 6.73. The van der Waals surface area contributed by atoms with Gasteiger partial charge in [-0.15, -0.1) is 0 Å². The Hall–Kier alpha value is -0.880. The van der Waals surface area contributed by atoms with Crippen molar-refractivity contribution in [2.45, 2.75) is 39.4 Å². The van der Waals surface area contributed by atoms with E-state index in [2.05, 4.69) is 29.8 Å². The summed E-state index contributed by atoms with van der Waals surface area (Å²) in [4.78, 5) is 0. The Kier molecular flexibility index (Phi) is 5.34. The zero-order valence-corrected chi connectivity index (χ0v) is 11.4. The smallest absolute Gasteiger partial charge is 0.0884 e. The molecule has 4 N–H and O–H groups in total. The van der Waals surface area contributed by atoms with Gasteiger partial charge in [0.1, 0.15) is 0 Å². The zero-order chi connectivity index (χ0) is 13.8. The molecule has 0 saturated carbocycles. The van der Waals surface area contributed by atoms with Gasteiger partial charge in [-0.2, -0.15) is 0 Å². The predicted octanol–water partition coefficient (Wildman–Crippen LogP) is -0.0699. The van der Waals surface area contributed by atoms with Gasteiger partial charge in [0, 0.05) is 24.5 Å². The fraction of sp³-hybridized carbons (Fsp3) is 0.692. The predicted molar refractivity (Wildman–Crippen MR) is 70.4 cm³/mol. The molecule has 0 saturated heterocycles. The number of hydrogen-bond acceptors (Lipinski definition) is 4. The molecule has 0 radical (unpaired) electrons. The molecule has 5 heteroatoms. The molecule has 0 aliphatic heterocycles. The Morgan fingerprint density at radius 3 is 2.11 bits per heavy atom. The Morgan fingerprint density at radius 2 is 1.72 bits per heavy atom. The maximum absolute atomic E-state index is 9.24. The van der Waals surface area contributed by atoms with Gasteiger partial charge in [0.15, 0.2) is 0 Å². The van der Waals surface area contributed by atoms with E-state index < -0.39 is 5.54 Å². The summed E-state index contributed by atoms with van der Waals surface area (Å²) in [6.07, 6.45) is 0.